The number of nitrogens with one attached hydrogen (secondary N) is 1. The third-order valence-electron chi connectivity index (χ3n) is 4.87. The predicted molar refractivity (Wildman–Crippen MR) is 135 cm³/mol. The number of hydrogen-bond donors (Lipinski definition) is 1. The van der Waals surface area contributed by atoms with Gasteiger partial charge < -0.3 is 4.74 Å². The molecule has 3 aromatic rings. The number of hydrogen-bond acceptors (Lipinski definition) is 5. The smallest absolute Gasteiger partial charge is 0.264 e. The fourth-order valence-electron chi connectivity index (χ4n) is 3.11. The van der Waals surface area contributed by atoms with Crippen LogP contribution in [0.25, 0.3) is 0 Å². The molecule has 0 bridgehead atoms. The average molecular weight is 480 g/mol. The van der Waals surface area contributed by atoms with Crippen molar-refractivity contribution in [1.29, 1.82) is 0 Å². The second-order valence-corrected chi connectivity index (χ2v) is 10.1. The summed E-state index contributed by atoms with van der Waals surface area (Å²) in [5.41, 5.74) is 5.50. The van der Waals surface area contributed by atoms with Crippen LogP contribution in [0.3, 0.4) is 0 Å². The van der Waals surface area contributed by atoms with Gasteiger partial charge in [0.05, 0.1) is 22.9 Å². The number of nitrogens with zero attached hydrogens (tertiary/aromatic N) is 2. The predicted octanol–water partition coefficient (Wildman–Crippen LogP) is 4.44. The van der Waals surface area contributed by atoms with Gasteiger partial charge in [0.25, 0.3) is 15.9 Å². The molecular formula is C26H29N3O4S. The molecule has 0 radical (unpaired) electrons. The van der Waals surface area contributed by atoms with Crippen LogP contribution in [0.15, 0.2) is 82.8 Å². The number of ether oxygens (including phenoxy) is 1. The van der Waals surface area contributed by atoms with Gasteiger partial charge in [-0.3, -0.25) is 9.10 Å². The van der Waals surface area contributed by atoms with Crippen LogP contribution in [0.1, 0.15) is 30.5 Å². The molecule has 0 aliphatic rings. The Balaban J connectivity index is 1.75. The summed E-state index contributed by atoms with van der Waals surface area (Å²) in [6, 6.07) is 20.7. The fourth-order valence-corrected chi connectivity index (χ4v) is 4.53. The Kier molecular flexibility index (Phi) is 8.07. The first-order chi connectivity index (χ1) is 16.1. The molecule has 7 nitrogen and oxygen atoms in total. The van der Waals surface area contributed by atoms with Crippen molar-refractivity contribution >= 4 is 27.8 Å². The highest BCUT2D eigenvalue weighted by molar-refractivity contribution is 7.92. The molecule has 0 heterocycles. The summed E-state index contributed by atoms with van der Waals surface area (Å²) in [5, 5.41) is 3.97. The number of aryl methyl sites for hydroxylation is 2. The molecule has 0 saturated carbocycles. The third kappa shape index (κ3) is 6.68. The summed E-state index contributed by atoms with van der Waals surface area (Å²) >= 11 is 0. The monoisotopic (exact) mass is 479 g/mol. The lowest BCUT2D eigenvalue weighted by atomic mass is 10.2. The molecule has 0 aliphatic carbocycles. The molecule has 1 N–H and O–H groups in total. The van der Waals surface area contributed by atoms with Crippen LogP contribution in [0.2, 0.25) is 0 Å². The zero-order valence-electron chi connectivity index (χ0n) is 19.7. The Morgan fingerprint density at radius 2 is 1.50 bits per heavy atom. The van der Waals surface area contributed by atoms with Crippen molar-refractivity contribution in [3.8, 4) is 5.75 Å². The lowest BCUT2D eigenvalue weighted by molar-refractivity contribution is -0.119. The molecule has 3 rings (SSSR count). The van der Waals surface area contributed by atoms with Gasteiger partial charge in [-0.25, -0.2) is 13.8 Å². The number of benzene rings is 3. The van der Waals surface area contributed by atoms with Gasteiger partial charge in [-0.1, -0.05) is 35.4 Å². The highest BCUT2D eigenvalue weighted by Crippen LogP contribution is 2.24. The maximum absolute atomic E-state index is 13.4. The Bertz CT molecular complexity index is 1230. The molecule has 0 unspecified atom stereocenters. The number of amides is 1. The summed E-state index contributed by atoms with van der Waals surface area (Å²) in [6.45, 7) is 7.27. The Hall–Kier alpha value is -3.65. The van der Waals surface area contributed by atoms with E-state index in [0.717, 1.165) is 26.7 Å². The van der Waals surface area contributed by atoms with Gasteiger partial charge in [0, 0.05) is 0 Å². The van der Waals surface area contributed by atoms with E-state index in [9.17, 15) is 13.2 Å². The number of anilines is 1. The Labute approximate surface area is 201 Å². The van der Waals surface area contributed by atoms with Crippen LogP contribution in [-0.4, -0.2) is 33.2 Å². The van der Waals surface area contributed by atoms with Crippen molar-refractivity contribution in [2.45, 2.75) is 38.7 Å². The number of sulfonamides is 1. The van der Waals surface area contributed by atoms with Crippen LogP contribution in [0, 0.1) is 13.8 Å². The molecule has 0 aromatic heterocycles. The molecular weight excluding hydrogens is 450 g/mol. The quantitative estimate of drug-likeness (QED) is 0.363. The molecule has 0 fully saturated rings. The van der Waals surface area contributed by atoms with E-state index in [2.05, 4.69) is 10.5 Å². The van der Waals surface area contributed by atoms with E-state index in [-0.39, 0.29) is 11.0 Å². The minimum absolute atomic E-state index is 0.0754. The second kappa shape index (κ2) is 11.0. The first-order valence-electron chi connectivity index (χ1n) is 10.9. The highest BCUT2D eigenvalue weighted by atomic mass is 32.2. The lowest BCUT2D eigenvalue weighted by Crippen LogP contribution is -2.39. The van der Waals surface area contributed by atoms with E-state index >= 15 is 0 Å². The number of rotatable bonds is 9. The number of hydrazone groups is 1. The van der Waals surface area contributed by atoms with E-state index < -0.39 is 22.5 Å². The van der Waals surface area contributed by atoms with E-state index in [1.807, 2.05) is 52.0 Å². The van der Waals surface area contributed by atoms with Gasteiger partial charge in [0.15, 0.2) is 0 Å². The summed E-state index contributed by atoms with van der Waals surface area (Å²) < 4.78 is 33.4. The fraction of sp³-hybridized carbons (Fsp3) is 0.231. The van der Waals surface area contributed by atoms with E-state index in [0.29, 0.717) is 5.69 Å². The van der Waals surface area contributed by atoms with E-state index in [4.69, 9.17) is 4.74 Å². The topological polar surface area (TPSA) is 88.1 Å². The summed E-state index contributed by atoms with van der Waals surface area (Å²) in [4.78, 5) is 12.8. The Morgan fingerprint density at radius 3 is 2.06 bits per heavy atom. The van der Waals surface area contributed by atoms with Gasteiger partial charge in [0.1, 0.15) is 12.3 Å². The van der Waals surface area contributed by atoms with Gasteiger partial charge in [-0.2, -0.15) is 5.10 Å². The molecule has 0 saturated heterocycles. The second-order valence-electron chi connectivity index (χ2n) is 8.19. The minimum atomic E-state index is -3.96. The van der Waals surface area contributed by atoms with Gasteiger partial charge >= 0.3 is 0 Å². The molecule has 0 aliphatic heterocycles. The zero-order valence-corrected chi connectivity index (χ0v) is 20.5. The molecule has 34 heavy (non-hydrogen) atoms. The van der Waals surface area contributed by atoms with Crippen molar-refractivity contribution in [3.63, 3.8) is 0 Å². The van der Waals surface area contributed by atoms with Crippen molar-refractivity contribution < 1.29 is 17.9 Å². The number of carbonyl (C=O) groups excluding carboxylic acids is 1. The van der Waals surface area contributed by atoms with E-state index in [1.54, 1.807) is 36.4 Å². The largest absolute Gasteiger partial charge is 0.491 e. The van der Waals surface area contributed by atoms with Crippen LogP contribution in [0.5, 0.6) is 5.75 Å². The van der Waals surface area contributed by atoms with Crippen LogP contribution >= 0.6 is 0 Å². The Morgan fingerprint density at radius 1 is 0.941 bits per heavy atom. The maximum Gasteiger partial charge on any atom is 0.264 e. The van der Waals surface area contributed by atoms with E-state index in [1.165, 1.54) is 18.3 Å². The minimum Gasteiger partial charge on any atom is -0.491 e. The SMILES string of the molecule is Cc1ccc(N(CC(=O)N/N=C\c2ccc(OC(C)C)cc2)S(=O)(=O)c2ccc(C)cc2)cc1. The van der Waals surface area contributed by atoms with Crippen molar-refractivity contribution in [3.05, 3.63) is 89.5 Å². The average Bonchev–Trinajstić information content (AvgIpc) is 2.79. The van der Waals surface area contributed by atoms with Gasteiger partial charge in [0.2, 0.25) is 0 Å². The molecule has 8 heteroatoms. The maximum atomic E-state index is 13.4. The molecule has 1 amide bonds. The first kappa shape index (κ1) is 25.0. The third-order valence-corrected chi connectivity index (χ3v) is 6.66. The lowest BCUT2D eigenvalue weighted by Gasteiger charge is -2.24. The van der Waals surface area contributed by atoms with Crippen LogP contribution in [0.4, 0.5) is 5.69 Å². The highest BCUT2D eigenvalue weighted by Gasteiger charge is 2.27. The normalized spacial score (nSPS) is 11.6. The van der Waals surface area contributed by atoms with Gasteiger partial charge in [-0.05, 0) is 81.8 Å². The first-order valence-corrected chi connectivity index (χ1v) is 12.3. The molecule has 0 spiro atoms. The summed E-state index contributed by atoms with van der Waals surface area (Å²) in [7, 11) is -3.96. The van der Waals surface area contributed by atoms with Crippen LogP contribution < -0.4 is 14.5 Å². The molecule has 178 valence electrons. The summed E-state index contributed by atoms with van der Waals surface area (Å²) in [6.07, 6.45) is 1.56. The van der Waals surface area contributed by atoms with Crippen molar-refractivity contribution in [1.82, 2.24) is 5.43 Å². The standard InChI is InChI=1S/C26H29N3O4S/c1-19(2)33-24-13-9-22(10-14-24)17-27-28-26(30)18-29(23-11-5-20(3)6-12-23)34(31,32)25-15-7-21(4)8-16-25/h5-17,19H,18H2,1-4H3,(H,28,30)/b27-17-. The summed E-state index contributed by atoms with van der Waals surface area (Å²) in [5.74, 6) is 0.179. The van der Waals surface area contributed by atoms with Crippen molar-refractivity contribution in [2.24, 2.45) is 5.10 Å². The van der Waals surface area contributed by atoms with Gasteiger partial charge in [-0.15, -0.1) is 0 Å². The van der Waals surface area contributed by atoms with Crippen LogP contribution in [-0.2, 0) is 14.8 Å². The molecule has 0 atom stereocenters. The van der Waals surface area contributed by atoms with Crippen molar-refractivity contribution in [2.75, 3.05) is 10.8 Å². The zero-order chi connectivity index (χ0) is 24.7. The molecule has 3 aromatic carbocycles. The number of carbonyl (C=O) groups is 1.